The Hall–Kier alpha value is -0.820. The lowest BCUT2D eigenvalue weighted by atomic mass is 10.0. The topological polar surface area (TPSA) is 0 Å². The van der Waals surface area contributed by atoms with Crippen LogP contribution in [0.4, 0.5) is 35.1 Å². The molecule has 15 heavy (non-hydrogen) atoms. The van der Waals surface area contributed by atoms with E-state index in [9.17, 15) is 35.1 Å². The van der Waals surface area contributed by atoms with E-state index in [1.54, 1.807) is 0 Å². The highest BCUT2D eigenvalue weighted by Crippen LogP contribution is 2.43. The van der Waals surface area contributed by atoms with E-state index in [1.807, 2.05) is 0 Å². The van der Waals surface area contributed by atoms with Gasteiger partial charge in [0.2, 0.25) is 0 Å². The predicted molar refractivity (Wildman–Crippen MR) is 35.4 cm³/mol. The highest BCUT2D eigenvalue weighted by atomic mass is 19.4. The van der Waals surface area contributed by atoms with Gasteiger partial charge in [0, 0.05) is 0 Å². The van der Waals surface area contributed by atoms with Gasteiger partial charge in [-0.25, -0.2) is 8.78 Å². The van der Waals surface area contributed by atoms with Crippen LogP contribution >= 0.6 is 0 Å². The summed E-state index contributed by atoms with van der Waals surface area (Å²) in [5, 5.41) is 0. The van der Waals surface area contributed by atoms with Crippen molar-refractivity contribution in [2.75, 3.05) is 0 Å². The number of hydrogen-bond acceptors (Lipinski definition) is 0. The maximum Gasteiger partial charge on any atom is 0.428 e. The second-order valence-electron chi connectivity index (χ2n) is 2.94. The van der Waals surface area contributed by atoms with Crippen LogP contribution in [0.25, 0.3) is 0 Å². The Bertz CT molecular complexity index is 266. The van der Waals surface area contributed by atoms with Crippen LogP contribution < -0.4 is 0 Å². The number of alkyl halides is 7. The Morgan fingerprint density at radius 1 is 0.867 bits per heavy atom. The van der Waals surface area contributed by atoms with E-state index in [1.165, 1.54) is 0 Å². The Kier molecular flexibility index (Phi) is 3.44. The number of hydrogen-bond donors (Lipinski definition) is 0. The summed E-state index contributed by atoms with van der Waals surface area (Å²) in [6.07, 6.45) is -11.1. The van der Waals surface area contributed by atoms with Gasteiger partial charge in [0.05, 0.1) is 5.57 Å². The summed E-state index contributed by atoms with van der Waals surface area (Å²) in [5.74, 6) is -2.87. The van der Waals surface area contributed by atoms with E-state index < -0.39 is 29.4 Å². The van der Waals surface area contributed by atoms with Gasteiger partial charge in [-0.05, 0) is 13.8 Å². The molecule has 0 spiro atoms. The first kappa shape index (κ1) is 14.2. The second kappa shape index (κ2) is 3.64. The molecule has 0 nitrogen and oxygen atoms in total. The fraction of sp³-hybridized carbons (Fsp3) is 0.714. The first-order valence-electron chi connectivity index (χ1n) is 3.51. The molecule has 0 aromatic heterocycles. The molecule has 0 heterocycles. The van der Waals surface area contributed by atoms with Gasteiger partial charge in [-0.15, -0.1) is 0 Å². The van der Waals surface area contributed by atoms with E-state index >= 15 is 0 Å². The van der Waals surface area contributed by atoms with E-state index in [4.69, 9.17) is 0 Å². The fourth-order valence-corrected chi connectivity index (χ4v) is 0.601. The maximum absolute atomic E-state index is 12.7. The molecular weight excluding hydrogens is 236 g/mol. The first-order valence-corrected chi connectivity index (χ1v) is 3.51. The lowest BCUT2D eigenvalue weighted by Crippen LogP contribution is -2.40. The van der Waals surface area contributed by atoms with Crippen LogP contribution in [0.15, 0.2) is 11.4 Å². The largest absolute Gasteiger partial charge is 0.428 e. The minimum absolute atomic E-state index is 0.0406. The molecule has 0 aliphatic rings. The minimum Gasteiger partial charge on any atom is -0.226 e. The molecule has 0 bridgehead atoms. The third kappa shape index (κ3) is 2.82. The summed E-state index contributed by atoms with van der Waals surface area (Å²) in [6, 6.07) is 0. The molecule has 0 saturated heterocycles. The molecule has 90 valence electrons. The lowest BCUT2D eigenvalue weighted by molar-refractivity contribution is -0.216. The summed E-state index contributed by atoms with van der Waals surface area (Å²) in [6.45, 7) is -0.267. The van der Waals surface area contributed by atoms with E-state index in [0.29, 0.717) is 0 Å². The van der Waals surface area contributed by atoms with Crippen molar-refractivity contribution in [3.63, 3.8) is 0 Å². The Morgan fingerprint density at radius 3 is 1.40 bits per heavy atom. The molecule has 0 aliphatic heterocycles. The van der Waals surface area contributed by atoms with Crippen molar-refractivity contribution in [1.82, 2.24) is 0 Å². The van der Waals surface area contributed by atoms with Crippen LogP contribution in [-0.2, 0) is 0 Å². The van der Waals surface area contributed by atoms with Crippen molar-refractivity contribution in [2.24, 2.45) is 0 Å². The molecule has 0 aromatic carbocycles. The number of allylic oxidation sites excluding steroid dienone is 2. The standard InChI is InChI=1S/C7H6F8/c1-3(6(10,11)12)4(8)5(2,9)7(13,14)15/h1-2H3. The Labute approximate surface area is 79.6 Å². The SMILES string of the molecule is CC(=C(F)C(C)(F)C(F)(F)F)C(F)(F)F. The quantitative estimate of drug-likeness (QED) is 0.607. The second-order valence-corrected chi connectivity index (χ2v) is 2.94. The van der Waals surface area contributed by atoms with Crippen molar-refractivity contribution in [3.8, 4) is 0 Å². The first-order chi connectivity index (χ1) is 6.32. The third-order valence-electron chi connectivity index (χ3n) is 1.70. The van der Waals surface area contributed by atoms with Gasteiger partial charge in [0.25, 0.3) is 5.67 Å². The third-order valence-corrected chi connectivity index (χ3v) is 1.70. The summed E-state index contributed by atoms with van der Waals surface area (Å²) in [4.78, 5) is 0. The smallest absolute Gasteiger partial charge is 0.226 e. The molecule has 0 rings (SSSR count). The zero-order chi connectivity index (χ0) is 12.7. The van der Waals surface area contributed by atoms with E-state index in [2.05, 4.69) is 0 Å². The molecule has 0 fully saturated rings. The monoisotopic (exact) mass is 242 g/mol. The van der Waals surface area contributed by atoms with Gasteiger partial charge < -0.3 is 0 Å². The van der Waals surface area contributed by atoms with Crippen LogP contribution in [-0.4, -0.2) is 18.0 Å². The molecule has 0 amide bonds. The Morgan fingerprint density at radius 2 is 1.20 bits per heavy atom. The van der Waals surface area contributed by atoms with Crippen LogP contribution in [0, 0.1) is 0 Å². The van der Waals surface area contributed by atoms with Crippen molar-refractivity contribution < 1.29 is 35.1 Å². The van der Waals surface area contributed by atoms with Gasteiger partial charge >= 0.3 is 12.4 Å². The summed E-state index contributed by atoms with van der Waals surface area (Å²) < 4.78 is 96.2. The summed E-state index contributed by atoms with van der Waals surface area (Å²) >= 11 is 0. The number of halogens is 8. The van der Waals surface area contributed by atoms with E-state index in [-0.39, 0.29) is 13.8 Å². The zero-order valence-corrected chi connectivity index (χ0v) is 7.52. The average Bonchev–Trinajstić information content (AvgIpc) is 1.97. The average molecular weight is 242 g/mol. The molecule has 0 N–H and O–H groups in total. The zero-order valence-electron chi connectivity index (χ0n) is 7.52. The summed E-state index contributed by atoms with van der Waals surface area (Å²) in [7, 11) is 0. The molecule has 8 heteroatoms. The Balaban J connectivity index is 5.44. The van der Waals surface area contributed by atoms with E-state index in [0.717, 1.165) is 0 Å². The fourth-order valence-electron chi connectivity index (χ4n) is 0.601. The van der Waals surface area contributed by atoms with Crippen molar-refractivity contribution in [1.29, 1.82) is 0 Å². The maximum atomic E-state index is 12.7. The van der Waals surface area contributed by atoms with Gasteiger partial charge in [-0.2, -0.15) is 26.3 Å². The highest BCUT2D eigenvalue weighted by molar-refractivity contribution is 5.21. The molecule has 1 atom stereocenters. The molecule has 0 aromatic rings. The summed E-state index contributed by atoms with van der Waals surface area (Å²) in [5.41, 5.74) is -6.86. The molecule has 0 saturated carbocycles. The van der Waals surface area contributed by atoms with Crippen LogP contribution in [0.1, 0.15) is 13.8 Å². The van der Waals surface area contributed by atoms with Crippen molar-refractivity contribution in [3.05, 3.63) is 11.4 Å². The molecule has 0 aliphatic carbocycles. The van der Waals surface area contributed by atoms with Crippen LogP contribution in [0.2, 0.25) is 0 Å². The lowest BCUT2D eigenvalue weighted by Gasteiger charge is -2.23. The normalized spacial score (nSPS) is 19.6. The molecular formula is C7H6F8. The molecule has 1 unspecified atom stereocenters. The molecule has 0 radical (unpaired) electrons. The van der Waals surface area contributed by atoms with Gasteiger partial charge in [0.1, 0.15) is 0 Å². The van der Waals surface area contributed by atoms with Gasteiger partial charge in [-0.3, -0.25) is 0 Å². The number of rotatable bonds is 1. The van der Waals surface area contributed by atoms with Gasteiger partial charge in [0.15, 0.2) is 5.83 Å². The minimum atomic E-state index is -5.73. The van der Waals surface area contributed by atoms with Crippen LogP contribution in [0.5, 0.6) is 0 Å². The van der Waals surface area contributed by atoms with Crippen molar-refractivity contribution >= 4 is 0 Å². The predicted octanol–water partition coefficient (Wildman–Crippen LogP) is 4.08. The van der Waals surface area contributed by atoms with Crippen molar-refractivity contribution in [2.45, 2.75) is 31.9 Å². The van der Waals surface area contributed by atoms with Crippen LogP contribution in [0.3, 0.4) is 0 Å². The van der Waals surface area contributed by atoms with Gasteiger partial charge in [-0.1, -0.05) is 0 Å². The highest BCUT2D eigenvalue weighted by Gasteiger charge is 2.58.